The van der Waals surface area contributed by atoms with E-state index in [-0.39, 0.29) is 30.6 Å². The maximum atomic E-state index is 14.1. The van der Waals surface area contributed by atoms with Gasteiger partial charge in [0.05, 0.1) is 31.0 Å². The summed E-state index contributed by atoms with van der Waals surface area (Å²) in [5.41, 5.74) is 1.51. The van der Waals surface area contributed by atoms with Crippen LogP contribution in [0.15, 0.2) is 42.6 Å². The number of esters is 1. The van der Waals surface area contributed by atoms with Gasteiger partial charge in [0.25, 0.3) is 0 Å². The molecular formula is C22H22FN3O5. The van der Waals surface area contributed by atoms with E-state index in [4.69, 9.17) is 4.74 Å². The fourth-order valence-electron chi connectivity index (χ4n) is 4.07. The van der Waals surface area contributed by atoms with E-state index in [1.165, 1.54) is 24.1 Å². The van der Waals surface area contributed by atoms with Crippen LogP contribution in [-0.2, 0) is 4.74 Å². The second kappa shape index (κ2) is 8.63. The maximum Gasteiger partial charge on any atom is 0.407 e. The van der Waals surface area contributed by atoms with E-state index in [9.17, 15) is 19.1 Å². The topological polar surface area (TPSA) is 105 Å². The smallest absolute Gasteiger partial charge is 0.407 e. The predicted octanol–water partition coefficient (Wildman–Crippen LogP) is 3.65. The Bertz CT molecular complexity index is 1120. The first-order valence-corrected chi connectivity index (χ1v) is 9.88. The summed E-state index contributed by atoms with van der Waals surface area (Å²) in [6, 6.07) is 9.91. The van der Waals surface area contributed by atoms with Crippen LogP contribution >= 0.6 is 0 Å². The van der Waals surface area contributed by atoms with E-state index in [2.05, 4.69) is 14.9 Å². The van der Waals surface area contributed by atoms with Crippen LogP contribution in [0.3, 0.4) is 0 Å². The molecule has 1 aromatic heterocycles. The first-order chi connectivity index (χ1) is 15.0. The highest BCUT2D eigenvalue weighted by Gasteiger charge is 2.33. The Morgan fingerprint density at radius 2 is 2.13 bits per heavy atom. The fourth-order valence-corrected chi connectivity index (χ4v) is 4.07. The lowest BCUT2D eigenvalue weighted by molar-refractivity contribution is 0.0595. The summed E-state index contributed by atoms with van der Waals surface area (Å²) in [7, 11) is 1.20. The van der Waals surface area contributed by atoms with E-state index in [1.54, 1.807) is 12.3 Å². The highest BCUT2D eigenvalue weighted by atomic mass is 19.1. The number of nitrogens with zero attached hydrogens (tertiary/aromatic N) is 2. The molecule has 0 unspecified atom stereocenters. The third-order valence-corrected chi connectivity index (χ3v) is 5.70. The van der Waals surface area contributed by atoms with Gasteiger partial charge in [-0.3, -0.25) is 5.10 Å². The number of methoxy groups -OCH3 is 1. The summed E-state index contributed by atoms with van der Waals surface area (Å²) in [5.74, 6) is -1.03. The number of aromatic amines is 1. The molecule has 2 atom stereocenters. The molecule has 0 aliphatic carbocycles. The number of H-pyrrole nitrogens is 1. The maximum absolute atomic E-state index is 14.1. The van der Waals surface area contributed by atoms with Crippen molar-refractivity contribution in [1.82, 2.24) is 15.1 Å². The van der Waals surface area contributed by atoms with Crippen LogP contribution in [0.25, 0.3) is 10.9 Å². The molecule has 3 aromatic rings. The molecule has 8 nitrogen and oxygen atoms in total. The summed E-state index contributed by atoms with van der Waals surface area (Å²) in [6.07, 6.45) is 1.25. The molecule has 1 amide bonds. The van der Waals surface area contributed by atoms with Crippen LogP contribution in [-0.4, -0.2) is 59.1 Å². The molecule has 0 bridgehead atoms. The number of hydrogen-bond acceptors (Lipinski definition) is 5. The van der Waals surface area contributed by atoms with Crippen LogP contribution < -0.4 is 4.74 Å². The number of likely N-dealkylation sites (tertiary alicyclic amines) is 1. The zero-order valence-electron chi connectivity index (χ0n) is 16.9. The van der Waals surface area contributed by atoms with Gasteiger partial charge in [0.15, 0.2) is 0 Å². The van der Waals surface area contributed by atoms with Gasteiger partial charge in [0.1, 0.15) is 11.6 Å². The fraction of sp³-hybridized carbons (Fsp3) is 0.318. The van der Waals surface area contributed by atoms with Crippen molar-refractivity contribution >= 4 is 23.0 Å². The lowest BCUT2D eigenvalue weighted by Gasteiger charge is -2.37. The van der Waals surface area contributed by atoms with Crippen molar-refractivity contribution in [3.8, 4) is 5.75 Å². The second-order valence-electron chi connectivity index (χ2n) is 7.54. The Labute approximate surface area is 177 Å². The van der Waals surface area contributed by atoms with Gasteiger partial charge in [-0.2, -0.15) is 5.10 Å². The molecule has 2 N–H and O–H groups in total. The van der Waals surface area contributed by atoms with Crippen molar-refractivity contribution in [1.29, 1.82) is 0 Å². The van der Waals surface area contributed by atoms with Crippen LogP contribution in [0, 0.1) is 11.7 Å². The highest BCUT2D eigenvalue weighted by molar-refractivity contribution is 5.89. The highest BCUT2D eigenvalue weighted by Crippen LogP contribution is 2.35. The first kappa shape index (κ1) is 20.6. The number of hydrogen-bond donors (Lipinski definition) is 2. The number of ether oxygens (including phenoxy) is 2. The standard InChI is InChI=1S/C22H22FN3O5/c1-30-21(27)18-9-13(2-4-19(18)23)17-6-7-26(22(28)29)11-15(17)12-31-16-3-5-20-14(8-16)10-24-25-20/h2-5,8-10,15,17H,6-7,11-12H2,1H3,(H,24,25)(H,28,29)/t15-,17-/m0/s1. The van der Waals surface area contributed by atoms with Crippen molar-refractivity contribution in [2.45, 2.75) is 12.3 Å². The number of piperidine rings is 1. The van der Waals surface area contributed by atoms with Crippen LogP contribution in [0.5, 0.6) is 5.75 Å². The van der Waals surface area contributed by atoms with E-state index in [0.717, 1.165) is 16.5 Å². The summed E-state index contributed by atoms with van der Waals surface area (Å²) < 4.78 is 24.8. The summed E-state index contributed by atoms with van der Waals surface area (Å²) in [6.45, 7) is 0.893. The number of halogens is 1. The number of aromatic nitrogens is 2. The second-order valence-corrected chi connectivity index (χ2v) is 7.54. The SMILES string of the molecule is COC(=O)c1cc([C@@H]2CCN(C(=O)O)C[C@H]2COc2ccc3[nH]ncc3c2)ccc1F. The quantitative estimate of drug-likeness (QED) is 0.603. The number of carbonyl (C=O) groups is 2. The number of nitrogens with one attached hydrogen (secondary N) is 1. The van der Waals surface area contributed by atoms with Gasteiger partial charge in [-0.1, -0.05) is 6.07 Å². The monoisotopic (exact) mass is 427 g/mol. The minimum Gasteiger partial charge on any atom is -0.493 e. The number of benzene rings is 2. The third kappa shape index (κ3) is 4.30. The molecule has 0 saturated carbocycles. The van der Waals surface area contributed by atoms with E-state index in [1.807, 2.05) is 18.2 Å². The summed E-state index contributed by atoms with van der Waals surface area (Å²) >= 11 is 0. The van der Waals surface area contributed by atoms with Gasteiger partial charge in [0, 0.05) is 24.4 Å². The number of amides is 1. The molecule has 2 heterocycles. The Kier molecular flexibility index (Phi) is 5.75. The number of fused-ring (bicyclic) bond motifs is 1. The summed E-state index contributed by atoms with van der Waals surface area (Å²) in [5, 5.41) is 17.2. The molecule has 1 aliphatic heterocycles. The number of rotatable bonds is 5. The predicted molar refractivity (Wildman–Crippen MR) is 110 cm³/mol. The molecule has 9 heteroatoms. The minimum atomic E-state index is -0.988. The molecule has 0 spiro atoms. The van der Waals surface area contributed by atoms with Gasteiger partial charge >= 0.3 is 12.1 Å². The van der Waals surface area contributed by atoms with Gasteiger partial charge in [-0.15, -0.1) is 0 Å². The average molecular weight is 427 g/mol. The molecule has 31 heavy (non-hydrogen) atoms. The Morgan fingerprint density at radius 3 is 2.90 bits per heavy atom. The Hall–Kier alpha value is -3.62. The van der Waals surface area contributed by atoms with Gasteiger partial charge in [-0.25, -0.2) is 14.0 Å². The largest absolute Gasteiger partial charge is 0.493 e. The molecule has 1 fully saturated rings. The van der Waals surface area contributed by atoms with Gasteiger partial charge < -0.3 is 19.5 Å². The average Bonchev–Trinajstić information content (AvgIpc) is 3.25. The van der Waals surface area contributed by atoms with Crippen molar-refractivity contribution in [3.05, 3.63) is 59.5 Å². The molecule has 1 saturated heterocycles. The zero-order valence-corrected chi connectivity index (χ0v) is 16.9. The van der Waals surface area contributed by atoms with E-state index < -0.39 is 17.9 Å². The zero-order chi connectivity index (χ0) is 22.0. The molecule has 2 aromatic carbocycles. The Balaban J connectivity index is 1.57. The van der Waals surface area contributed by atoms with Gasteiger partial charge in [-0.05, 0) is 48.2 Å². The van der Waals surface area contributed by atoms with Crippen molar-refractivity contribution < 1.29 is 28.6 Å². The van der Waals surface area contributed by atoms with E-state index >= 15 is 0 Å². The van der Waals surface area contributed by atoms with Crippen LogP contribution in [0.2, 0.25) is 0 Å². The Morgan fingerprint density at radius 1 is 1.29 bits per heavy atom. The molecular weight excluding hydrogens is 405 g/mol. The van der Waals surface area contributed by atoms with Crippen LogP contribution in [0.1, 0.15) is 28.3 Å². The number of carboxylic acid groups (broad SMARTS) is 1. The third-order valence-electron chi connectivity index (χ3n) is 5.70. The first-order valence-electron chi connectivity index (χ1n) is 9.88. The van der Waals surface area contributed by atoms with Gasteiger partial charge in [0.2, 0.25) is 0 Å². The van der Waals surface area contributed by atoms with Crippen molar-refractivity contribution in [3.63, 3.8) is 0 Å². The lowest BCUT2D eigenvalue weighted by atomic mass is 9.80. The molecule has 4 rings (SSSR count). The van der Waals surface area contributed by atoms with Crippen molar-refractivity contribution in [2.75, 3.05) is 26.8 Å². The van der Waals surface area contributed by atoms with Crippen molar-refractivity contribution in [2.24, 2.45) is 5.92 Å². The molecule has 1 aliphatic rings. The molecule has 162 valence electrons. The number of carbonyl (C=O) groups excluding carboxylic acids is 1. The summed E-state index contributed by atoms with van der Waals surface area (Å²) in [4.78, 5) is 24.8. The lowest BCUT2D eigenvalue weighted by Crippen LogP contribution is -2.44. The normalized spacial score (nSPS) is 18.7. The van der Waals surface area contributed by atoms with Crippen LogP contribution in [0.4, 0.5) is 9.18 Å². The van der Waals surface area contributed by atoms with E-state index in [0.29, 0.717) is 18.7 Å². The minimum absolute atomic E-state index is 0.0998. The molecule has 0 radical (unpaired) electrons.